The van der Waals surface area contributed by atoms with Gasteiger partial charge in [0.1, 0.15) is 6.04 Å². The fraction of sp³-hybridized carbons (Fsp3) is 0.700. The maximum absolute atomic E-state index is 11.4. The van der Waals surface area contributed by atoms with Crippen LogP contribution in [0.15, 0.2) is 0 Å². The molecule has 4 N–H and O–H groups in total. The van der Waals surface area contributed by atoms with E-state index in [1.807, 2.05) is 13.8 Å². The van der Waals surface area contributed by atoms with Gasteiger partial charge in [-0.3, -0.25) is 4.79 Å². The molecule has 0 heterocycles. The molecule has 0 aliphatic rings. The first-order valence-corrected chi connectivity index (χ1v) is 5.25. The van der Waals surface area contributed by atoms with Crippen LogP contribution in [-0.2, 0) is 9.59 Å². The summed E-state index contributed by atoms with van der Waals surface area (Å²) in [6.07, 6.45) is -0.654. The van der Waals surface area contributed by atoms with Gasteiger partial charge in [0.2, 0.25) is 0 Å². The van der Waals surface area contributed by atoms with E-state index >= 15 is 0 Å². The Balaban J connectivity index is 4.31. The van der Waals surface area contributed by atoms with Gasteiger partial charge in [0.05, 0.1) is 6.42 Å². The highest BCUT2D eigenvalue weighted by molar-refractivity contribution is 5.86. The molecule has 0 aliphatic carbocycles. The number of hydrogen-bond acceptors (Lipinski definition) is 3. The molecule has 98 valence electrons. The SMILES string of the molecule is CC(C)C(C)NC(=O)N[C@H](CC(=O)O)C(=O)O. The zero-order chi connectivity index (χ0) is 13.6. The third-order valence-electron chi connectivity index (χ3n) is 2.34. The number of carbonyl (C=O) groups is 3. The van der Waals surface area contributed by atoms with Gasteiger partial charge in [-0.2, -0.15) is 0 Å². The highest BCUT2D eigenvalue weighted by Crippen LogP contribution is 2.00. The summed E-state index contributed by atoms with van der Waals surface area (Å²) in [6.45, 7) is 5.57. The number of amides is 2. The summed E-state index contributed by atoms with van der Waals surface area (Å²) in [5, 5.41) is 21.8. The monoisotopic (exact) mass is 246 g/mol. The van der Waals surface area contributed by atoms with Crippen LogP contribution < -0.4 is 10.6 Å². The number of nitrogens with one attached hydrogen (secondary N) is 2. The zero-order valence-electron chi connectivity index (χ0n) is 10.1. The number of carboxylic acid groups (broad SMARTS) is 2. The smallest absolute Gasteiger partial charge is 0.326 e. The van der Waals surface area contributed by atoms with Crippen molar-refractivity contribution in [3.63, 3.8) is 0 Å². The zero-order valence-corrected chi connectivity index (χ0v) is 10.1. The molecule has 0 aliphatic heterocycles. The Morgan fingerprint density at radius 1 is 1.06 bits per heavy atom. The molecule has 0 saturated heterocycles. The van der Waals surface area contributed by atoms with E-state index in [4.69, 9.17) is 10.2 Å². The number of aliphatic carboxylic acids is 2. The first kappa shape index (κ1) is 15.2. The Bertz CT molecular complexity index is 303. The van der Waals surface area contributed by atoms with Gasteiger partial charge in [0.25, 0.3) is 0 Å². The Labute approximate surface area is 99.2 Å². The van der Waals surface area contributed by atoms with E-state index in [2.05, 4.69) is 10.6 Å². The first-order valence-electron chi connectivity index (χ1n) is 5.25. The van der Waals surface area contributed by atoms with Crippen LogP contribution in [0.25, 0.3) is 0 Å². The summed E-state index contributed by atoms with van der Waals surface area (Å²) in [7, 11) is 0. The predicted molar refractivity (Wildman–Crippen MR) is 59.6 cm³/mol. The van der Waals surface area contributed by atoms with E-state index < -0.39 is 30.4 Å². The average molecular weight is 246 g/mol. The largest absolute Gasteiger partial charge is 0.481 e. The Kier molecular flexibility index (Phi) is 6.01. The van der Waals surface area contributed by atoms with Crippen LogP contribution in [0.4, 0.5) is 4.79 Å². The van der Waals surface area contributed by atoms with E-state index in [9.17, 15) is 14.4 Å². The second-order valence-corrected chi connectivity index (χ2v) is 4.14. The van der Waals surface area contributed by atoms with Crippen molar-refractivity contribution in [1.82, 2.24) is 10.6 Å². The van der Waals surface area contributed by atoms with Crippen molar-refractivity contribution in [2.45, 2.75) is 39.3 Å². The van der Waals surface area contributed by atoms with E-state index in [1.165, 1.54) is 0 Å². The molecule has 0 aromatic carbocycles. The number of urea groups is 1. The second kappa shape index (κ2) is 6.72. The normalized spacial score (nSPS) is 13.9. The van der Waals surface area contributed by atoms with Gasteiger partial charge in [0.15, 0.2) is 0 Å². The Morgan fingerprint density at radius 2 is 1.59 bits per heavy atom. The van der Waals surface area contributed by atoms with Gasteiger partial charge in [0, 0.05) is 6.04 Å². The van der Waals surface area contributed by atoms with E-state index in [0.29, 0.717) is 0 Å². The quantitative estimate of drug-likeness (QED) is 0.536. The lowest BCUT2D eigenvalue weighted by Crippen LogP contribution is -2.50. The van der Waals surface area contributed by atoms with Crippen molar-refractivity contribution in [3.05, 3.63) is 0 Å². The molecule has 0 saturated carbocycles. The summed E-state index contributed by atoms with van der Waals surface area (Å²) in [5.74, 6) is -2.46. The van der Waals surface area contributed by atoms with E-state index in [1.54, 1.807) is 6.92 Å². The molecule has 0 bridgehead atoms. The van der Waals surface area contributed by atoms with Crippen molar-refractivity contribution < 1.29 is 24.6 Å². The van der Waals surface area contributed by atoms with Crippen LogP contribution in [0.1, 0.15) is 27.2 Å². The first-order chi connectivity index (χ1) is 7.73. The van der Waals surface area contributed by atoms with Crippen LogP contribution >= 0.6 is 0 Å². The number of carbonyl (C=O) groups excluding carboxylic acids is 1. The molecular formula is C10H18N2O5. The molecule has 0 aromatic heterocycles. The third-order valence-corrected chi connectivity index (χ3v) is 2.34. The minimum atomic E-state index is -1.42. The van der Waals surface area contributed by atoms with Crippen molar-refractivity contribution in [1.29, 1.82) is 0 Å². The van der Waals surface area contributed by atoms with Crippen molar-refractivity contribution in [2.75, 3.05) is 0 Å². The van der Waals surface area contributed by atoms with E-state index in [0.717, 1.165) is 0 Å². The van der Waals surface area contributed by atoms with Crippen LogP contribution in [0, 0.1) is 5.92 Å². The summed E-state index contributed by atoms with van der Waals surface area (Å²) >= 11 is 0. The standard InChI is InChI=1S/C10H18N2O5/c1-5(2)6(3)11-10(17)12-7(9(15)16)4-8(13)14/h5-7H,4H2,1-3H3,(H,13,14)(H,15,16)(H2,11,12,17)/t6?,7-/m1/s1. The highest BCUT2D eigenvalue weighted by atomic mass is 16.4. The highest BCUT2D eigenvalue weighted by Gasteiger charge is 2.23. The van der Waals surface area contributed by atoms with Crippen LogP contribution in [0.3, 0.4) is 0 Å². The Morgan fingerprint density at radius 3 is 1.94 bits per heavy atom. The molecule has 0 rings (SSSR count). The van der Waals surface area contributed by atoms with Crippen LogP contribution in [-0.4, -0.2) is 40.3 Å². The minimum absolute atomic E-state index is 0.130. The summed E-state index contributed by atoms with van der Waals surface area (Å²) < 4.78 is 0. The van der Waals surface area contributed by atoms with Crippen molar-refractivity contribution >= 4 is 18.0 Å². The van der Waals surface area contributed by atoms with E-state index in [-0.39, 0.29) is 12.0 Å². The van der Waals surface area contributed by atoms with Crippen molar-refractivity contribution in [3.8, 4) is 0 Å². The van der Waals surface area contributed by atoms with Crippen LogP contribution in [0.2, 0.25) is 0 Å². The third kappa shape index (κ3) is 6.39. The minimum Gasteiger partial charge on any atom is -0.481 e. The lowest BCUT2D eigenvalue weighted by Gasteiger charge is -2.19. The molecule has 2 atom stereocenters. The fourth-order valence-electron chi connectivity index (χ4n) is 0.948. The molecule has 7 nitrogen and oxygen atoms in total. The van der Waals surface area contributed by atoms with Crippen molar-refractivity contribution in [2.24, 2.45) is 5.92 Å². The lowest BCUT2D eigenvalue weighted by molar-refractivity contribution is -0.145. The maximum atomic E-state index is 11.4. The molecule has 17 heavy (non-hydrogen) atoms. The van der Waals surface area contributed by atoms with Crippen LogP contribution in [0.5, 0.6) is 0 Å². The number of hydrogen-bond donors (Lipinski definition) is 4. The molecular weight excluding hydrogens is 228 g/mol. The van der Waals surface area contributed by atoms with Gasteiger partial charge in [-0.1, -0.05) is 13.8 Å². The molecule has 1 unspecified atom stereocenters. The van der Waals surface area contributed by atoms with Gasteiger partial charge in [-0.15, -0.1) is 0 Å². The molecule has 0 aromatic rings. The summed E-state index contributed by atoms with van der Waals surface area (Å²) in [4.78, 5) is 32.5. The number of rotatable bonds is 6. The maximum Gasteiger partial charge on any atom is 0.326 e. The Hall–Kier alpha value is -1.79. The van der Waals surface area contributed by atoms with Gasteiger partial charge in [-0.25, -0.2) is 9.59 Å². The molecule has 0 spiro atoms. The molecule has 0 radical (unpaired) electrons. The topological polar surface area (TPSA) is 116 Å². The summed E-state index contributed by atoms with van der Waals surface area (Å²) in [6, 6.07) is -2.24. The number of carboxylic acids is 2. The van der Waals surface area contributed by atoms with Gasteiger partial charge < -0.3 is 20.8 Å². The van der Waals surface area contributed by atoms with Gasteiger partial charge >= 0.3 is 18.0 Å². The molecule has 2 amide bonds. The second-order valence-electron chi connectivity index (χ2n) is 4.14. The predicted octanol–water partition coefficient (Wildman–Crippen LogP) is 0.258. The summed E-state index contributed by atoms with van der Waals surface area (Å²) in [5.41, 5.74) is 0. The average Bonchev–Trinajstić information content (AvgIpc) is 2.15. The molecule has 0 fully saturated rings. The lowest BCUT2D eigenvalue weighted by atomic mass is 10.1. The van der Waals surface area contributed by atoms with Gasteiger partial charge in [-0.05, 0) is 12.8 Å². The molecule has 7 heteroatoms. The fourth-order valence-corrected chi connectivity index (χ4v) is 0.948.